The van der Waals surface area contributed by atoms with Crippen LogP contribution in [0.25, 0.3) is 0 Å². The Balaban J connectivity index is -0.000000411. The minimum atomic E-state index is -2.86. The van der Waals surface area contributed by atoms with Crippen molar-refractivity contribution in [2.45, 2.75) is 36.9 Å². The van der Waals surface area contributed by atoms with Crippen molar-refractivity contribution in [1.82, 2.24) is 0 Å². The summed E-state index contributed by atoms with van der Waals surface area (Å²) in [6.45, 7) is 0. The molecule has 27 heavy (non-hydrogen) atoms. The first-order chi connectivity index (χ1) is 11.6. The molecule has 0 spiro atoms. The van der Waals surface area contributed by atoms with Crippen LogP contribution in [-0.4, -0.2) is 115 Å². The third kappa shape index (κ3) is 12.9. The molecule has 0 saturated heterocycles. The Bertz CT molecular complexity index is 513. The van der Waals surface area contributed by atoms with Crippen LogP contribution >= 0.6 is 0 Å². The molecule has 0 aliphatic heterocycles. The van der Waals surface area contributed by atoms with Crippen LogP contribution in [-0.2, 0) is 28.8 Å². The smallest absolute Gasteiger partial charge is 0.550 e. The number of hydrogen-bond acceptors (Lipinski definition) is 10. The van der Waals surface area contributed by atoms with E-state index in [2.05, 4.69) is 0 Å². The van der Waals surface area contributed by atoms with Gasteiger partial charge >= 0.3 is 61.6 Å². The Kier molecular flexibility index (Phi) is 13.7. The second-order valence-electron chi connectivity index (χ2n) is 4.91. The zero-order valence-corrected chi connectivity index (χ0v) is 15.7. The quantitative estimate of drug-likeness (QED) is 0.179. The van der Waals surface area contributed by atoms with E-state index in [0.29, 0.717) is 0 Å². The fourth-order valence-corrected chi connectivity index (χ4v) is 1.41. The van der Waals surface area contributed by atoms with Gasteiger partial charge in [-0.2, -0.15) is 0 Å². The van der Waals surface area contributed by atoms with Crippen molar-refractivity contribution in [2.24, 2.45) is 0 Å². The van der Waals surface area contributed by atoms with E-state index in [1.807, 2.05) is 0 Å². The summed E-state index contributed by atoms with van der Waals surface area (Å²) in [6, 6.07) is 0. The standard InChI is InChI=1S/2C6H8O7.Ca/c2*7-3(8)1-6(13,5(11)12)2-4(9)10;/h2*13H,1-2H2,(H,7,8)(H,9,10)(H,11,12);/q;;+2/p-2. The number of carboxylic acids is 6. The topological polar surface area (TPSA) is 270 Å². The van der Waals surface area contributed by atoms with Crippen LogP contribution in [0.2, 0.25) is 0 Å². The molecule has 0 aromatic carbocycles. The van der Waals surface area contributed by atoms with Gasteiger partial charge in [0.05, 0.1) is 12.8 Å². The third-order valence-electron chi connectivity index (χ3n) is 2.56. The molecule has 6 N–H and O–H groups in total. The van der Waals surface area contributed by atoms with Gasteiger partial charge in [-0.15, -0.1) is 0 Å². The first-order valence-electron chi connectivity index (χ1n) is 6.30. The van der Waals surface area contributed by atoms with E-state index in [1.165, 1.54) is 0 Å². The first kappa shape index (κ1) is 29.8. The van der Waals surface area contributed by atoms with Crippen molar-refractivity contribution in [3.63, 3.8) is 0 Å². The largest absolute Gasteiger partial charge is 2.00 e. The predicted molar refractivity (Wildman–Crippen MR) is 74.7 cm³/mol. The van der Waals surface area contributed by atoms with E-state index in [0.717, 1.165) is 0 Å². The van der Waals surface area contributed by atoms with Gasteiger partial charge in [0, 0.05) is 24.8 Å². The van der Waals surface area contributed by atoms with Crippen molar-refractivity contribution in [3.8, 4) is 0 Å². The first-order valence-corrected chi connectivity index (χ1v) is 6.30. The molecule has 0 bridgehead atoms. The zero-order valence-electron chi connectivity index (χ0n) is 13.5. The monoisotopic (exact) mass is 422 g/mol. The van der Waals surface area contributed by atoms with Crippen molar-refractivity contribution < 1.29 is 69.6 Å². The molecule has 0 aromatic heterocycles. The molecular formula is C12H14CaO14. The molecule has 0 amide bonds. The Morgan fingerprint density at radius 3 is 0.963 bits per heavy atom. The van der Waals surface area contributed by atoms with Gasteiger partial charge < -0.3 is 50.4 Å². The number of carbonyl (C=O) groups excluding carboxylic acids is 2. The maximum absolute atomic E-state index is 10.3. The Morgan fingerprint density at radius 1 is 0.593 bits per heavy atom. The van der Waals surface area contributed by atoms with Crippen LogP contribution in [0.3, 0.4) is 0 Å². The van der Waals surface area contributed by atoms with Gasteiger partial charge in [0.1, 0.15) is 0 Å². The van der Waals surface area contributed by atoms with Crippen LogP contribution in [0.5, 0.6) is 0 Å². The maximum Gasteiger partial charge on any atom is 2.00 e. The number of rotatable bonds is 10. The summed E-state index contributed by atoms with van der Waals surface area (Å²) in [7, 11) is 0. The summed E-state index contributed by atoms with van der Waals surface area (Å²) < 4.78 is 0. The van der Waals surface area contributed by atoms with E-state index < -0.39 is 72.7 Å². The molecule has 14 nitrogen and oxygen atoms in total. The number of aliphatic hydroxyl groups is 2. The second-order valence-corrected chi connectivity index (χ2v) is 4.91. The van der Waals surface area contributed by atoms with Gasteiger partial charge in [-0.25, -0.2) is 9.59 Å². The van der Waals surface area contributed by atoms with Crippen LogP contribution in [0, 0.1) is 0 Å². The Morgan fingerprint density at radius 2 is 0.815 bits per heavy atom. The number of carboxylic acid groups (broad SMARTS) is 6. The Labute approximate surface area is 179 Å². The van der Waals surface area contributed by atoms with E-state index >= 15 is 0 Å². The van der Waals surface area contributed by atoms with Crippen LogP contribution in [0.15, 0.2) is 0 Å². The fraction of sp³-hybridized carbons (Fsp3) is 0.500. The molecule has 0 rings (SSSR count). The van der Waals surface area contributed by atoms with Crippen molar-refractivity contribution >= 4 is 73.6 Å². The molecule has 0 aromatic rings. The summed E-state index contributed by atoms with van der Waals surface area (Å²) in [4.78, 5) is 60.7. The molecule has 0 saturated carbocycles. The van der Waals surface area contributed by atoms with Gasteiger partial charge in [0.25, 0.3) is 0 Å². The molecule has 0 heterocycles. The van der Waals surface area contributed by atoms with E-state index in [1.54, 1.807) is 0 Å². The predicted octanol–water partition coefficient (Wildman–Crippen LogP) is -5.55. The van der Waals surface area contributed by atoms with Crippen LogP contribution < -0.4 is 10.2 Å². The van der Waals surface area contributed by atoms with Gasteiger partial charge in [-0.05, 0) is 0 Å². The van der Waals surface area contributed by atoms with Crippen molar-refractivity contribution in [1.29, 1.82) is 0 Å². The molecule has 15 heteroatoms. The molecule has 0 aliphatic rings. The van der Waals surface area contributed by atoms with Gasteiger partial charge in [-0.1, -0.05) is 0 Å². The fourth-order valence-electron chi connectivity index (χ4n) is 1.41. The van der Waals surface area contributed by atoms with Gasteiger partial charge in [-0.3, -0.25) is 9.59 Å². The maximum atomic E-state index is 10.3. The Hall–Kier alpha value is -2.00. The SMILES string of the molecule is O=C(O)CC(O)(CC(=O)O)C(=O)O.O=C([O-])CC(O)(CC(=O)[O-])C(=O)O.[Ca+2]. The van der Waals surface area contributed by atoms with E-state index in [9.17, 15) is 39.0 Å². The molecule has 0 radical (unpaired) electrons. The van der Waals surface area contributed by atoms with Crippen LogP contribution in [0.1, 0.15) is 25.7 Å². The average Bonchev–Trinajstić information content (AvgIpc) is 2.34. The summed E-state index contributed by atoms with van der Waals surface area (Å²) in [5.74, 6) is -10.7. The average molecular weight is 422 g/mol. The minimum Gasteiger partial charge on any atom is -0.550 e. The summed E-state index contributed by atoms with van der Waals surface area (Å²) in [5.41, 5.74) is -5.60. The van der Waals surface area contributed by atoms with Gasteiger partial charge in [0.2, 0.25) is 0 Å². The number of aliphatic carboxylic acids is 6. The third-order valence-corrected chi connectivity index (χ3v) is 2.56. The normalized spacial score (nSPS) is 10.4. The summed E-state index contributed by atoms with van der Waals surface area (Å²) in [5, 5.41) is 71.0. The molecule has 0 aliphatic carbocycles. The summed E-state index contributed by atoms with van der Waals surface area (Å²) in [6.07, 6.45) is -4.88. The van der Waals surface area contributed by atoms with Crippen molar-refractivity contribution in [2.75, 3.05) is 0 Å². The second kappa shape index (κ2) is 12.4. The summed E-state index contributed by atoms with van der Waals surface area (Å²) >= 11 is 0. The molecule has 0 unspecified atom stereocenters. The van der Waals surface area contributed by atoms with Crippen molar-refractivity contribution in [3.05, 3.63) is 0 Å². The molecule has 148 valence electrons. The van der Waals surface area contributed by atoms with Gasteiger partial charge in [0.15, 0.2) is 11.2 Å². The zero-order chi connectivity index (χ0) is 21.3. The number of hydrogen-bond donors (Lipinski definition) is 6. The molecular weight excluding hydrogens is 408 g/mol. The van der Waals surface area contributed by atoms with Crippen LogP contribution in [0.4, 0.5) is 0 Å². The van der Waals surface area contributed by atoms with E-state index in [-0.39, 0.29) is 37.7 Å². The number of carbonyl (C=O) groups is 6. The molecule has 0 fully saturated rings. The van der Waals surface area contributed by atoms with E-state index in [4.69, 9.17) is 30.6 Å². The molecule has 0 atom stereocenters. The minimum absolute atomic E-state index is 0.